The van der Waals surface area contributed by atoms with E-state index in [-0.39, 0.29) is 12.0 Å². The first-order chi connectivity index (χ1) is 6.11. The molecule has 1 aromatic heterocycles. The van der Waals surface area contributed by atoms with Crippen LogP contribution in [0, 0.1) is 5.95 Å². The van der Waals surface area contributed by atoms with E-state index >= 15 is 0 Å². The maximum absolute atomic E-state index is 12.9. The largest absolute Gasteiger partial charge is 0.481 e. The van der Waals surface area contributed by atoms with Crippen molar-refractivity contribution >= 4 is 5.97 Å². The van der Waals surface area contributed by atoms with Crippen molar-refractivity contribution in [1.82, 2.24) is 4.98 Å². The van der Waals surface area contributed by atoms with E-state index in [1.165, 1.54) is 18.3 Å². The minimum Gasteiger partial charge on any atom is -0.481 e. The second-order valence-corrected chi connectivity index (χ2v) is 2.59. The van der Waals surface area contributed by atoms with Crippen LogP contribution in [0.4, 0.5) is 4.39 Å². The van der Waals surface area contributed by atoms with Crippen molar-refractivity contribution in [3.8, 4) is 0 Å². The molecule has 0 saturated heterocycles. The van der Waals surface area contributed by atoms with Gasteiger partial charge in [-0.05, 0) is 6.07 Å². The van der Waals surface area contributed by atoms with Gasteiger partial charge in [0.2, 0.25) is 5.95 Å². The van der Waals surface area contributed by atoms with Gasteiger partial charge in [-0.3, -0.25) is 4.79 Å². The number of carboxylic acid groups (broad SMARTS) is 1. The molecule has 1 aromatic rings. The standard InChI is InChI=1S/C8H9FN2O2/c9-8-5(2-1-3-11-8)6(10)4-7(12)13/h1-3,6H,4,10H2,(H,12,13). The number of carbonyl (C=O) groups is 1. The monoisotopic (exact) mass is 184 g/mol. The van der Waals surface area contributed by atoms with Crippen LogP contribution >= 0.6 is 0 Å². The lowest BCUT2D eigenvalue weighted by molar-refractivity contribution is -0.137. The van der Waals surface area contributed by atoms with Gasteiger partial charge in [0, 0.05) is 17.8 Å². The van der Waals surface area contributed by atoms with Crippen LogP contribution in [0.5, 0.6) is 0 Å². The summed E-state index contributed by atoms with van der Waals surface area (Å²) in [7, 11) is 0. The summed E-state index contributed by atoms with van der Waals surface area (Å²) in [6.45, 7) is 0. The summed E-state index contributed by atoms with van der Waals surface area (Å²) in [5.41, 5.74) is 5.57. The van der Waals surface area contributed by atoms with Crippen molar-refractivity contribution in [3.05, 3.63) is 29.8 Å². The lowest BCUT2D eigenvalue weighted by atomic mass is 10.1. The minimum absolute atomic E-state index is 0.130. The van der Waals surface area contributed by atoms with Gasteiger partial charge in [0.05, 0.1) is 6.42 Å². The molecule has 0 bridgehead atoms. The van der Waals surface area contributed by atoms with Gasteiger partial charge in [-0.1, -0.05) is 6.07 Å². The zero-order valence-corrected chi connectivity index (χ0v) is 6.77. The lowest BCUT2D eigenvalue weighted by Gasteiger charge is -2.08. The summed E-state index contributed by atoms with van der Waals surface area (Å²) in [4.78, 5) is 13.6. The lowest BCUT2D eigenvalue weighted by Crippen LogP contribution is -2.16. The second-order valence-electron chi connectivity index (χ2n) is 2.59. The van der Waals surface area contributed by atoms with E-state index in [2.05, 4.69) is 4.98 Å². The molecule has 1 atom stereocenters. The first-order valence-electron chi connectivity index (χ1n) is 3.69. The van der Waals surface area contributed by atoms with Gasteiger partial charge in [-0.2, -0.15) is 4.39 Å². The Morgan fingerprint density at radius 1 is 1.77 bits per heavy atom. The highest BCUT2D eigenvalue weighted by atomic mass is 19.1. The zero-order valence-electron chi connectivity index (χ0n) is 6.77. The molecule has 0 saturated carbocycles. The summed E-state index contributed by atoms with van der Waals surface area (Å²) < 4.78 is 12.9. The van der Waals surface area contributed by atoms with Crippen LogP contribution < -0.4 is 5.73 Å². The first kappa shape index (κ1) is 9.60. The number of nitrogens with two attached hydrogens (primary N) is 1. The summed E-state index contributed by atoms with van der Waals surface area (Å²) in [6.07, 6.45) is 0.981. The van der Waals surface area contributed by atoms with E-state index in [1.54, 1.807) is 0 Å². The quantitative estimate of drug-likeness (QED) is 0.678. The van der Waals surface area contributed by atoms with Crippen LogP contribution in [0.2, 0.25) is 0 Å². The third kappa shape index (κ3) is 2.48. The smallest absolute Gasteiger partial charge is 0.305 e. The first-order valence-corrected chi connectivity index (χ1v) is 3.69. The number of halogens is 1. The molecule has 0 amide bonds. The maximum atomic E-state index is 12.9. The Kier molecular flexibility index (Phi) is 2.92. The molecule has 1 unspecified atom stereocenters. The topological polar surface area (TPSA) is 76.2 Å². The Hall–Kier alpha value is -1.49. The molecule has 0 fully saturated rings. The van der Waals surface area contributed by atoms with Gasteiger partial charge in [-0.25, -0.2) is 4.98 Å². The van der Waals surface area contributed by atoms with Crippen molar-refractivity contribution in [1.29, 1.82) is 0 Å². The number of nitrogens with zero attached hydrogens (tertiary/aromatic N) is 1. The summed E-state index contributed by atoms with van der Waals surface area (Å²) in [5, 5.41) is 8.41. The van der Waals surface area contributed by atoms with Crippen molar-refractivity contribution < 1.29 is 14.3 Å². The fourth-order valence-corrected chi connectivity index (χ4v) is 0.973. The molecule has 5 heteroatoms. The summed E-state index contributed by atoms with van der Waals surface area (Å²) in [5.74, 6) is -1.77. The average molecular weight is 184 g/mol. The van der Waals surface area contributed by atoms with Crippen LogP contribution in [0.15, 0.2) is 18.3 Å². The number of hydrogen-bond donors (Lipinski definition) is 2. The van der Waals surface area contributed by atoms with Gasteiger partial charge in [0.1, 0.15) is 0 Å². The number of carboxylic acids is 1. The second kappa shape index (κ2) is 3.95. The van der Waals surface area contributed by atoms with Gasteiger partial charge in [0.15, 0.2) is 0 Å². The molecule has 1 rings (SSSR count). The molecule has 0 radical (unpaired) electrons. The molecular formula is C8H9FN2O2. The molecular weight excluding hydrogens is 175 g/mol. The fraction of sp³-hybridized carbons (Fsp3) is 0.250. The predicted octanol–water partition coefficient (Wildman–Crippen LogP) is 0.695. The Bertz CT molecular complexity index is 317. The van der Waals surface area contributed by atoms with E-state index < -0.39 is 18.0 Å². The Labute approximate surface area is 74.2 Å². The summed E-state index contributed by atoms with van der Waals surface area (Å²) in [6, 6.07) is 2.10. The minimum atomic E-state index is -1.06. The van der Waals surface area contributed by atoms with Gasteiger partial charge in [-0.15, -0.1) is 0 Å². The van der Waals surface area contributed by atoms with E-state index in [1.807, 2.05) is 0 Å². The third-order valence-electron chi connectivity index (χ3n) is 1.58. The molecule has 4 nitrogen and oxygen atoms in total. The number of aromatic nitrogens is 1. The number of aliphatic carboxylic acids is 1. The normalized spacial score (nSPS) is 12.5. The number of pyridine rings is 1. The molecule has 0 aliphatic heterocycles. The molecule has 0 aliphatic carbocycles. The SMILES string of the molecule is NC(CC(=O)O)c1cccnc1F. The van der Waals surface area contributed by atoms with Crippen LogP contribution in [0.1, 0.15) is 18.0 Å². The van der Waals surface area contributed by atoms with Crippen molar-refractivity contribution in [2.75, 3.05) is 0 Å². The van der Waals surface area contributed by atoms with Gasteiger partial charge < -0.3 is 10.8 Å². The van der Waals surface area contributed by atoms with E-state index in [9.17, 15) is 9.18 Å². The fourth-order valence-electron chi connectivity index (χ4n) is 0.973. The highest BCUT2D eigenvalue weighted by molar-refractivity contribution is 5.67. The molecule has 0 spiro atoms. The van der Waals surface area contributed by atoms with Crippen LogP contribution in [-0.2, 0) is 4.79 Å². The Balaban J connectivity index is 2.82. The Morgan fingerprint density at radius 2 is 2.46 bits per heavy atom. The number of rotatable bonds is 3. The molecule has 1 heterocycles. The van der Waals surface area contributed by atoms with E-state index in [0.29, 0.717) is 0 Å². The summed E-state index contributed by atoms with van der Waals surface area (Å²) >= 11 is 0. The molecule has 0 aromatic carbocycles. The van der Waals surface area contributed by atoms with Crippen LogP contribution in [0.3, 0.4) is 0 Å². The highest BCUT2D eigenvalue weighted by Crippen LogP contribution is 2.15. The van der Waals surface area contributed by atoms with Crippen molar-refractivity contribution in [2.45, 2.75) is 12.5 Å². The molecule has 3 N–H and O–H groups in total. The molecule has 13 heavy (non-hydrogen) atoms. The zero-order chi connectivity index (χ0) is 9.84. The van der Waals surface area contributed by atoms with Crippen LogP contribution in [-0.4, -0.2) is 16.1 Å². The molecule has 0 aliphatic rings. The van der Waals surface area contributed by atoms with Gasteiger partial charge >= 0.3 is 5.97 Å². The maximum Gasteiger partial charge on any atom is 0.305 e. The number of hydrogen-bond acceptors (Lipinski definition) is 3. The third-order valence-corrected chi connectivity index (χ3v) is 1.58. The predicted molar refractivity (Wildman–Crippen MR) is 43.4 cm³/mol. The van der Waals surface area contributed by atoms with Gasteiger partial charge in [0.25, 0.3) is 0 Å². The average Bonchev–Trinajstić information content (AvgIpc) is 2.03. The van der Waals surface area contributed by atoms with Crippen molar-refractivity contribution in [3.63, 3.8) is 0 Å². The highest BCUT2D eigenvalue weighted by Gasteiger charge is 2.14. The van der Waals surface area contributed by atoms with Crippen LogP contribution in [0.25, 0.3) is 0 Å². The van der Waals surface area contributed by atoms with Crippen molar-refractivity contribution in [2.24, 2.45) is 5.73 Å². The van der Waals surface area contributed by atoms with E-state index in [4.69, 9.17) is 10.8 Å². The molecule has 70 valence electrons. The Morgan fingerprint density at radius 3 is 3.00 bits per heavy atom. The van der Waals surface area contributed by atoms with E-state index in [0.717, 1.165) is 0 Å².